The van der Waals surface area contributed by atoms with Crippen LogP contribution in [0.2, 0.25) is 0 Å². The van der Waals surface area contributed by atoms with Gasteiger partial charge in [-0.05, 0) is 48.5 Å². The van der Waals surface area contributed by atoms with Crippen molar-refractivity contribution in [2.75, 3.05) is 7.11 Å². The monoisotopic (exact) mass is 260 g/mol. The Kier molecular flexibility index (Phi) is 4.22. The largest absolute Gasteiger partial charge is 0.465 e. The molecule has 20 heavy (non-hydrogen) atoms. The molecule has 0 fully saturated rings. The molecule has 0 atom stereocenters. The minimum absolute atomic E-state index is 0.352. The number of carbonyl (C=O) groups is 1. The molecule has 2 nitrogen and oxygen atoms in total. The Bertz CT molecular complexity index is 705. The van der Waals surface area contributed by atoms with Crippen LogP contribution in [-0.2, 0) is 4.74 Å². The Morgan fingerprint density at radius 3 is 1.80 bits per heavy atom. The molecule has 0 spiro atoms. The van der Waals surface area contributed by atoms with Crippen LogP contribution >= 0.6 is 0 Å². The summed E-state index contributed by atoms with van der Waals surface area (Å²) in [5.41, 5.74) is 3.06. The second-order valence-corrected chi connectivity index (χ2v) is 4.04. The normalized spacial score (nSPS) is 9.00. The highest BCUT2D eigenvalue weighted by Crippen LogP contribution is 2.06. The van der Waals surface area contributed by atoms with E-state index in [0.717, 1.165) is 16.7 Å². The van der Waals surface area contributed by atoms with Crippen LogP contribution in [0.3, 0.4) is 0 Å². The lowest BCUT2D eigenvalue weighted by Gasteiger charge is -1.98. The first kappa shape index (κ1) is 13.5. The van der Waals surface area contributed by atoms with Gasteiger partial charge in [0.15, 0.2) is 0 Å². The zero-order chi connectivity index (χ0) is 14.4. The van der Waals surface area contributed by atoms with E-state index in [9.17, 15) is 4.79 Å². The first-order valence-corrected chi connectivity index (χ1v) is 6.00. The molecule has 0 radical (unpaired) electrons. The molecule has 0 N–H and O–H groups in total. The summed E-state index contributed by atoms with van der Waals surface area (Å²) < 4.78 is 4.64. The van der Waals surface area contributed by atoms with Crippen LogP contribution in [0.1, 0.15) is 27.0 Å². The lowest BCUT2D eigenvalue weighted by Crippen LogP contribution is -2.00. The maximum absolute atomic E-state index is 11.3. The number of esters is 1. The van der Waals surface area contributed by atoms with Gasteiger partial charge >= 0.3 is 5.97 Å². The van der Waals surface area contributed by atoms with Gasteiger partial charge in [-0.2, -0.15) is 0 Å². The Morgan fingerprint density at radius 2 is 1.35 bits per heavy atom. The summed E-state index contributed by atoms with van der Waals surface area (Å²) in [5.74, 6) is 8.27. The molecule has 2 rings (SSSR count). The van der Waals surface area contributed by atoms with Crippen LogP contribution < -0.4 is 0 Å². The van der Waals surface area contributed by atoms with Gasteiger partial charge in [-0.3, -0.25) is 0 Å². The smallest absolute Gasteiger partial charge is 0.337 e. The summed E-state index contributed by atoms with van der Waals surface area (Å²) >= 11 is 0. The van der Waals surface area contributed by atoms with E-state index in [-0.39, 0.29) is 5.97 Å². The van der Waals surface area contributed by atoms with E-state index in [1.807, 2.05) is 24.3 Å². The molecule has 2 aromatic carbocycles. The molecule has 2 aromatic rings. The average Bonchev–Trinajstić information content (AvgIpc) is 2.53. The first-order valence-electron chi connectivity index (χ1n) is 6.00. The predicted octanol–water partition coefficient (Wildman–Crippen LogP) is 2.85. The van der Waals surface area contributed by atoms with Crippen LogP contribution in [-0.4, -0.2) is 13.1 Å². The quantitative estimate of drug-likeness (QED) is 0.582. The third-order valence-corrected chi connectivity index (χ3v) is 2.71. The predicted molar refractivity (Wildman–Crippen MR) is 78.1 cm³/mol. The van der Waals surface area contributed by atoms with Crippen LogP contribution in [0.25, 0.3) is 0 Å². The van der Waals surface area contributed by atoms with Gasteiger partial charge in [0, 0.05) is 16.7 Å². The first-order chi connectivity index (χ1) is 9.72. The third kappa shape index (κ3) is 3.28. The van der Waals surface area contributed by atoms with E-state index >= 15 is 0 Å². The summed E-state index contributed by atoms with van der Waals surface area (Å²) in [6.45, 7) is 0. The van der Waals surface area contributed by atoms with Gasteiger partial charge in [0.25, 0.3) is 0 Å². The highest BCUT2D eigenvalue weighted by atomic mass is 16.5. The van der Waals surface area contributed by atoms with Crippen molar-refractivity contribution in [3.63, 3.8) is 0 Å². The minimum atomic E-state index is -0.352. The van der Waals surface area contributed by atoms with Gasteiger partial charge in [0.2, 0.25) is 0 Å². The van der Waals surface area contributed by atoms with Gasteiger partial charge in [-0.15, -0.1) is 6.42 Å². The highest BCUT2D eigenvalue weighted by molar-refractivity contribution is 5.89. The van der Waals surface area contributed by atoms with Crippen molar-refractivity contribution in [2.24, 2.45) is 0 Å². The minimum Gasteiger partial charge on any atom is -0.465 e. The fraction of sp³-hybridized carbons (Fsp3) is 0.0556. The van der Waals surface area contributed by atoms with Crippen molar-refractivity contribution in [3.05, 3.63) is 70.8 Å². The van der Waals surface area contributed by atoms with E-state index < -0.39 is 0 Å². The van der Waals surface area contributed by atoms with E-state index in [1.165, 1.54) is 7.11 Å². The number of terminal acetylenes is 1. The maximum Gasteiger partial charge on any atom is 0.337 e. The number of ether oxygens (including phenoxy) is 1. The number of benzene rings is 2. The SMILES string of the molecule is C#Cc1ccc(C#Cc2ccc(C(=O)OC)cc2)cc1. The van der Waals surface area contributed by atoms with Crippen LogP contribution in [0, 0.1) is 24.2 Å². The number of carbonyl (C=O) groups excluding carboxylic acids is 1. The molecule has 0 aliphatic heterocycles. The van der Waals surface area contributed by atoms with Gasteiger partial charge < -0.3 is 4.74 Å². The maximum atomic E-state index is 11.3. The molecule has 0 bridgehead atoms. The second kappa shape index (κ2) is 6.27. The van der Waals surface area contributed by atoms with Gasteiger partial charge in [0.05, 0.1) is 12.7 Å². The van der Waals surface area contributed by atoms with E-state index in [2.05, 4.69) is 22.5 Å². The highest BCUT2D eigenvalue weighted by Gasteiger charge is 2.02. The number of rotatable bonds is 1. The second-order valence-electron chi connectivity index (χ2n) is 4.04. The summed E-state index contributed by atoms with van der Waals surface area (Å²) in [6.07, 6.45) is 5.29. The molecular weight excluding hydrogens is 248 g/mol. The van der Waals surface area contributed by atoms with E-state index in [4.69, 9.17) is 6.42 Å². The summed E-state index contributed by atoms with van der Waals surface area (Å²) in [5, 5.41) is 0. The fourth-order valence-electron chi connectivity index (χ4n) is 1.60. The molecule has 0 heterocycles. The van der Waals surface area contributed by atoms with Crippen LogP contribution in [0.15, 0.2) is 48.5 Å². The molecule has 0 unspecified atom stereocenters. The van der Waals surface area contributed by atoms with Gasteiger partial charge in [-0.1, -0.05) is 17.8 Å². The molecule has 0 aliphatic carbocycles. The molecule has 0 amide bonds. The Morgan fingerprint density at radius 1 is 0.900 bits per heavy atom. The van der Waals surface area contributed by atoms with E-state index in [1.54, 1.807) is 24.3 Å². The summed E-state index contributed by atoms with van der Waals surface area (Å²) in [4.78, 5) is 11.3. The molecule has 2 heteroatoms. The molecule has 0 saturated heterocycles. The zero-order valence-corrected chi connectivity index (χ0v) is 11.0. The Balaban J connectivity index is 2.16. The number of hydrogen-bond acceptors (Lipinski definition) is 2. The van der Waals surface area contributed by atoms with Crippen molar-refractivity contribution in [2.45, 2.75) is 0 Å². The number of hydrogen-bond donors (Lipinski definition) is 0. The van der Waals surface area contributed by atoms with Crippen molar-refractivity contribution in [1.29, 1.82) is 0 Å². The molecule has 0 aliphatic rings. The standard InChI is InChI=1S/C18H12O2/c1-3-14-4-6-15(7-5-14)8-9-16-10-12-17(13-11-16)18(19)20-2/h1,4-7,10-13H,2H3. The van der Waals surface area contributed by atoms with Crippen LogP contribution in [0.4, 0.5) is 0 Å². The molecular formula is C18H12O2. The number of methoxy groups -OCH3 is 1. The summed E-state index contributed by atoms with van der Waals surface area (Å²) in [6, 6.07) is 14.4. The van der Waals surface area contributed by atoms with Crippen molar-refractivity contribution in [1.82, 2.24) is 0 Å². The topological polar surface area (TPSA) is 26.3 Å². The molecule has 0 saturated carbocycles. The van der Waals surface area contributed by atoms with Crippen molar-refractivity contribution >= 4 is 5.97 Å². The molecule has 96 valence electrons. The lowest BCUT2D eigenvalue weighted by atomic mass is 10.1. The van der Waals surface area contributed by atoms with Gasteiger partial charge in [-0.25, -0.2) is 4.79 Å². The fourth-order valence-corrected chi connectivity index (χ4v) is 1.60. The third-order valence-electron chi connectivity index (χ3n) is 2.71. The van der Waals surface area contributed by atoms with Crippen LogP contribution in [0.5, 0.6) is 0 Å². The van der Waals surface area contributed by atoms with Crippen molar-refractivity contribution < 1.29 is 9.53 Å². The average molecular weight is 260 g/mol. The lowest BCUT2D eigenvalue weighted by molar-refractivity contribution is 0.0601. The molecule has 0 aromatic heterocycles. The Labute approximate surface area is 118 Å². The zero-order valence-electron chi connectivity index (χ0n) is 11.0. The summed E-state index contributed by atoms with van der Waals surface area (Å²) in [7, 11) is 1.36. The van der Waals surface area contributed by atoms with E-state index in [0.29, 0.717) is 5.56 Å². The van der Waals surface area contributed by atoms with Gasteiger partial charge in [0.1, 0.15) is 0 Å². The van der Waals surface area contributed by atoms with Crippen molar-refractivity contribution in [3.8, 4) is 24.2 Å². The Hall–Kier alpha value is -2.97.